The third-order valence-electron chi connectivity index (χ3n) is 3.66. The molecule has 2 N–H and O–H groups in total. The van der Waals surface area contributed by atoms with E-state index < -0.39 is 5.97 Å². The number of aryl methyl sites for hydroxylation is 1. The van der Waals surface area contributed by atoms with Crippen LogP contribution in [0.1, 0.15) is 24.9 Å². The number of ether oxygens (including phenoxy) is 1. The summed E-state index contributed by atoms with van der Waals surface area (Å²) in [5.74, 6) is 1.24. The van der Waals surface area contributed by atoms with Gasteiger partial charge in [-0.05, 0) is 31.2 Å². The Balaban J connectivity index is 1.57. The number of nitrogens with zero attached hydrogens (tertiary/aromatic N) is 4. The Morgan fingerprint density at radius 2 is 2.15 bits per heavy atom. The Labute approximate surface area is 154 Å². The standard InChI is InChI=1S/C17H20N6O4/c1-2-26-17(25)11-19-16(24)8-7-15-21-20-14-6-5-13(22-23(14)15)18-10-12-4-3-9-27-12/h3-6,9H,2,7-8,10-11H2,1H3,(H,18,22)(H,19,24). The molecule has 0 fully saturated rings. The number of nitrogens with one attached hydrogen (secondary N) is 2. The van der Waals surface area contributed by atoms with Gasteiger partial charge in [0.05, 0.1) is 19.4 Å². The third kappa shape index (κ3) is 5.03. The molecule has 27 heavy (non-hydrogen) atoms. The Morgan fingerprint density at radius 3 is 2.93 bits per heavy atom. The fourth-order valence-corrected chi connectivity index (χ4v) is 2.37. The van der Waals surface area contributed by atoms with Gasteiger partial charge in [-0.2, -0.15) is 4.52 Å². The molecule has 0 aromatic carbocycles. The minimum absolute atomic E-state index is 0.146. The molecule has 0 unspecified atom stereocenters. The highest BCUT2D eigenvalue weighted by Crippen LogP contribution is 2.10. The lowest BCUT2D eigenvalue weighted by atomic mass is 10.3. The molecular weight excluding hydrogens is 352 g/mol. The van der Waals surface area contributed by atoms with Crippen molar-refractivity contribution in [1.29, 1.82) is 0 Å². The van der Waals surface area contributed by atoms with Crippen LogP contribution in [0.2, 0.25) is 0 Å². The van der Waals surface area contributed by atoms with E-state index >= 15 is 0 Å². The van der Waals surface area contributed by atoms with Crippen molar-refractivity contribution in [2.75, 3.05) is 18.5 Å². The van der Waals surface area contributed by atoms with Crippen LogP contribution in [0.25, 0.3) is 5.65 Å². The van der Waals surface area contributed by atoms with E-state index in [9.17, 15) is 9.59 Å². The molecular formula is C17H20N6O4. The lowest BCUT2D eigenvalue weighted by molar-refractivity contribution is -0.143. The van der Waals surface area contributed by atoms with E-state index in [1.54, 1.807) is 29.8 Å². The highest BCUT2D eigenvalue weighted by Gasteiger charge is 2.11. The number of carbonyl (C=O) groups is 2. The Morgan fingerprint density at radius 1 is 1.26 bits per heavy atom. The highest BCUT2D eigenvalue weighted by atomic mass is 16.5. The zero-order chi connectivity index (χ0) is 19.1. The molecule has 0 saturated heterocycles. The summed E-state index contributed by atoms with van der Waals surface area (Å²) >= 11 is 0. The van der Waals surface area contributed by atoms with Crippen LogP contribution in [0.4, 0.5) is 5.82 Å². The smallest absolute Gasteiger partial charge is 0.325 e. The molecule has 3 aromatic rings. The monoisotopic (exact) mass is 372 g/mol. The van der Waals surface area contributed by atoms with Gasteiger partial charge < -0.3 is 19.8 Å². The zero-order valence-electron chi connectivity index (χ0n) is 14.8. The van der Waals surface area contributed by atoms with Gasteiger partial charge in [0, 0.05) is 12.8 Å². The van der Waals surface area contributed by atoms with E-state index in [2.05, 4.69) is 25.9 Å². The van der Waals surface area contributed by atoms with Crippen molar-refractivity contribution in [3.8, 4) is 0 Å². The maximum absolute atomic E-state index is 11.9. The molecule has 0 aliphatic carbocycles. The molecule has 0 saturated carbocycles. The van der Waals surface area contributed by atoms with Crippen LogP contribution in [0, 0.1) is 0 Å². The molecule has 142 valence electrons. The van der Waals surface area contributed by atoms with Crippen LogP contribution < -0.4 is 10.6 Å². The van der Waals surface area contributed by atoms with E-state index in [1.807, 2.05) is 12.1 Å². The van der Waals surface area contributed by atoms with Gasteiger partial charge in [0.15, 0.2) is 11.5 Å². The first-order valence-corrected chi connectivity index (χ1v) is 8.55. The van der Waals surface area contributed by atoms with Crippen LogP contribution in [-0.4, -0.2) is 44.8 Å². The molecule has 3 heterocycles. The molecule has 3 aromatic heterocycles. The van der Waals surface area contributed by atoms with Gasteiger partial charge in [-0.25, -0.2) is 0 Å². The van der Waals surface area contributed by atoms with Crippen molar-refractivity contribution < 1.29 is 18.7 Å². The maximum atomic E-state index is 11.9. The quantitative estimate of drug-likeness (QED) is 0.532. The second kappa shape index (κ2) is 8.79. The summed E-state index contributed by atoms with van der Waals surface area (Å²) < 4.78 is 11.6. The Bertz CT molecular complexity index is 905. The fourth-order valence-electron chi connectivity index (χ4n) is 2.37. The van der Waals surface area contributed by atoms with Gasteiger partial charge in [0.2, 0.25) is 5.91 Å². The minimum Gasteiger partial charge on any atom is -0.467 e. The summed E-state index contributed by atoms with van der Waals surface area (Å²) in [4.78, 5) is 23.1. The molecule has 0 aliphatic rings. The van der Waals surface area contributed by atoms with E-state index in [-0.39, 0.29) is 25.5 Å². The first-order valence-electron chi connectivity index (χ1n) is 8.55. The molecule has 0 spiro atoms. The number of carbonyl (C=O) groups excluding carboxylic acids is 2. The lowest BCUT2D eigenvalue weighted by Gasteiger charge is -2.06. The average Bonchev–Trinajstić information content (AvgIpc) is 3.32. The number of esters is 1. The molecule has 0 aliphatic heterocycles. The number of fused-ring (bicyclic) bond motifs is 1. The van der Waals surface area contributed by atoms with Gasteiger partial charge in [-0.3, -0.25) is 9.59 Å². The van der Waals surface area contributed by atoms with Crippen LogP contribution in [0.15, 0.2) is 34.9 Å². The van der Waals surface area contributed by atoms with Crippen molar-refractivity contribution >= 4 is 23.3 Å². The molecule has 10 heteroatoms. The van der Waals surface area contributed by atoms with Crippen molar-refractivity contribution in [3.63, 3.8) is 0 Å². The second-order valence-corrected chi connectivity index (χ2v) is 5.62. The molecule has 10 nitrogen and oxygen atoms in total. The predicted molar refractivity (Wildman–Crippen MR) is 94.8 cm³/mol. The average molecular weight is 372 g/mol. The Hall–Kier alpha value is -3.43. The van der Waals surface area contributed by atoms with Crippen molar-refractivity contribution in [1.82, 2.24) is 25.1 Å². The third-order valence-corrected chi connectivity index (χ3v) is 3.66. The molecule has 0 bridgehead atoms. The number of rotatable bonds is 9. The van der Waals surface area contributed by atoms with Crippen molar-refractivity contribution in [3.05, 3.63) is 42.1 Å². The SMILES string of the molecule is CCOC(=O)CNC(=O)CCc1nnc2ccc(NCc3ccco3)nn12. The second-order valence-electron chi connectivity index (χ2n) is 5.62. The number of amides is 1. The van der Waals surface area contributed by atoms with E-state index in [0.29, 0.717) is 30.3 Å². The lowest BCUT2D eigenvalue weighted by Crippen LogP contribution is -2.30. The number of hydrogen-bond donors (Lipinski definition) is 2. The summed E-state index contributed by atoms with van der Waals surface area (Å²) in [7, 11) is 0. The number of anilines is 1. The van der Waals surface area contributed by atoms with Crippen LogP contribution in [0.3, 0.4) is 0 Å². The summed E-state index contributed by atoms with van der Waals surface area (Å²) in [6.07, 6.45) is 2.11. The number of hydrogen-bond acceptors (Lipinski definition) is 8. The first-order chi connectivity index (χ1) is 13.2. The predicted octanol–water partition coefficient (Wildman–Crippen LogP) is 0.941. The van der Waals surface area contributed by atoms with Gasteiger partial charge >= 0.3 is 5.97 Å². The molecule has 3 rings (SSSR count). The number of furan rings is 1. The summed E-state index contributed by atoms with van der Waals surface area (Å²) in [5.41, 5.74) is 0.584. The van der Waals surface area contributed by atoms with Gasteiger partial charge in [-0.1, -0.05) is 0 Å². The number of aromatic nitrogens is 4. The molecule has 0 atom stereocenters. The maximum Gasteiger partial charge on any atom is 0.325 e. The van der Waals surface area contributed by atoms with Gasteiger partial charge in [0.25, 0.3) is 0 Å². The van der Waals surface area contributed by atoms with Crippen molar-refractivity contribution in [2.45, 2.75) is 26.3 Å². The van der Waals surface area contributed by atoms with Crippen LogP contribution in [0.5, 0.6) is 0 Å². The minimum atomic E-state index is -0.465. The summed E-state index contributed by atoms with van der Waals surface area (Å²) in [6, 6.07) is 7.26. The van der Waals surface area contributed by atoms with Gasteiger partial charge in [0.1, 0.15) is 18.1 Å². The topological polar surface area (TPSA) is 124 Å². The largest absolute Gasteiger partial charge is 0.467 e. The first kappa shape index (κ1) is 18.4. The van der Waals surface area contributed by atoms with E-state index in [0.717, 1.165) is 5.76 Å². The van der Waals surface area contributed by atoms with Gasteiger partial charge in [-0.15, -0.1) is 15.3 Å². The van der Waals surface area contributed by atoms with Crippen LogP contribution >= 0.6 is 0 Å². The highest BCUT2D eigenvalue weighted by molar-refractivity contribution is 5.81. The van der Waals surface area contributed by atoms with Crippen molar-refractivity contribution in [2.24, 2.45) is 0 Å². The van der Waals surface area contributed by atoms with Crippen LogP contribution in [-0.2, 0) is 27.3 Å². The molecule has 1 amide bonds. The Kier molecular flexibility index (Phi) is 5.98. The summed E-state index contributed by atoms with van der Waals surface area (Å²) in [5, 5.41) is 18.2. The normalized spacial score (nSPS) is 10.7. The fraction of sp³-hybridized carbons (Fsp3) is 0.353. The summed E-state index contributed by atoms with van der Waals surface area (Å²) in [6.45, 7) is 2.34. The zero-order valence-corrected chi connectivity index (χ0v) is 14.8. The molecule has 0 radical (unpaired) electrons. The van der Waals surface area contributed by atoms with E-state index in [4.69, 9.17) is 9.15 Å². The van der Waals surface area contributed by atoms with E-state index in [1.165, 1.54) is 0 Å².